The highest BCUT2D eigenvalue weighted by Crippen LogP contribution is 2.20. The molecule has 1 saturated heterocycles. The molecule has 27 heavy (non-hydrogen) atoms. The van der Waals surface area contributed by atoms with Crippen LogP contribution >= 0.6 is 0 Å². The summed E-state index contributed by atoms with van der Waals surface area (Å²) >= 11 is 0. The van der Waals surface area contributed by atoms with Gasteiger partial charge in [0.15, 0.2) is 0 Å². The number of nitrogens with zero attached hydrogens (tertiary/aromatic N) is 2. The number of piperazine rings is 1. The third-order valence-corrected chi connectivity index (χ3v) is 6.42. The zero-order valence-corrected chi connectivity index (χ0v) is 15.9. The molecule has 0 unspecified atom stereocenters. The van der Waals surface area contributed by atoms with Crippen molar-refractivity contribution in [2.24, 2.45) is 0 Å². The van der Waals surface area contributed by atoms with Crippen LogP contribution in [0.25, 0.3) is 0 Å². The molecule has 144 valence electrons. The Morgan fingerprint density at radius 1 is 1.04 bits per heavy atom. The summed E-state index contributed by atoms with van der Waals surface area (Å²) in [5, 5.41) is 2.83. The number of hydrogen-bond acceptors (Lipinski definition) is 4. The molecule has 1 N–H and O–H groups in total. The van der Waals surface area contributed by atoms with Crippen LogP contribution in [0.5, 0.6) is 0 Å². The van der Waals surface area contributed by atoms with E-state index in [-0.39, 0.29) is 30.4 Å². The molecular weight excluding hydrogens is 369 g/mol. The van der Waals surface area contributed by atoms with Gasteiger partial charge in [-0.2, -0.15) is 4.31 Å². The number of aryl methyl sites for hydroxylation is 1. The van der Waals surface area contributed by atoms with Gasteiger partial charge in [-0.3, -0.25) is 9.69 Å². The minimum absolute atomic E-state index is 0.149. The second kappa shape index (κ2) is 8.16. The van der Waals surface area contributed by atoms with Gasteiger partial charge < -0.3 is 5.32 Å². The fraction of sp³-hybridized carbons (Fsp3) is 0.316. The van der Waals surface area contributed by atoms with Crippen molar-refractivity contribution in [2.75, 3.05) is 38.0 Å². The van der Waals surface area contributed by atoms with Crippen LogP contribution in [-0.2, 0) is 14.8 Å². The van der Waals surface area contributed by atoms with Crippen molar-refractivity contribution in [3.8, 4) is 0 Å². The lowest BCUT2D eigenvalue weighted by Gasteiger charge is -2.33. The summed E-state index contributed by atoms with van der Waals surface area (Å²) in [6, 6.07) is 12.9. The minimum Gasteiger partial charge on any atom is -0.325 e. The molecule has 6 nitrogen and oxygen atoms in total. The van der Waals surface area contributed by atoms with Gasteiger partial charge in [0.1, 0.15) is 10.7 Å². The molecule has 3 rings (SSSR count). The third-order valence-electron chi connectivity index (χ3n) is 4.49. The van der Waals surface area contributed by atoms with E-state index in [1.807, 2.05) is 36.1 Å². The van der Waals surface area contributed by atoms with Gasteiger partial charge in [0, 0.05) is 31.9 Å². The first kappa shape index (κ1) is 19.5. The van der Waals surface area contributed by atoms with Gasteiger partial charge in [0.05, 0.1) is 6.54 Å². The van der Waals surface area contributed by atoms with Crippen molar-refractivity contribution >= 4 is 21.6 Å². The lowest BCUT2D eigenvalue weighted by Crippen LogP contribution is -2.50. The van der Waals surface area contributed by atoms with E-state index in [1.54, 1.807) is 0 Å². The van der Waals surface area contributed by atoms with E-state index >= 15 is 0 Å². The first-order valence-corrected chi connectivity index (χ1v) is 10.1. The number of benzene rings is 2. The fourth-order valence-electron chi connectivity index (χ4n) is 2.96. The molecule has 2 aromatic carbocycles. The van der Waals surface area contributed by atoms with Crippen molar-refractivity contribution in [1.82, 2.24) is 9.21 Å². The summed E-state index contributed by atoms with van der Waals surface area (Å²) in [6.07, 6.45) is 0. The molecule has 0 aliphatic carbocycles. The van der Waals surface area contributed by atoms with Gasteiger partial charge >= 0.3 is 0 Å². The maximum absolute atomic E-state index is 13.9. The van der Waals surface area contributed by atoms with Crippen LogP contribution in [0.4, 0.5) is 10.1 Å². The highest BCUT2D eigenvalue weighted by Gasteiger charge is 2.30. The second-order valence-electron chi connectivity index (χ2n) is 6.52. The molecule has 1 aliphatic heterocycles. The lowest BCUT2D eigenvalue weighted by molar-refractivity contribution is -0.117. The smallest absolute Gasteiger partial charge is 0.246 e. The molecule has 1 heterocycles. The SMILES string of the molecule is Cc1ccc(NC(=O)CN2CCN(S(=O)(=O)c3ccccc3F)CC2)cc1. The monoisotopic (exact) mass is 391 g/mol. The van der Waals surface area contributed by atoms with E-state index in [4.69, 9.17) is 0 Å². The Morgan fingerprint density at radius 3 is 2.30 bits per heavy atom. The van der Waals surface area contributed by atoms with E-state index in [9.17, 15) is 17.6 Å². The number of nitrogens with one attached hydrogen (secondary N) is 1. The Balaban J connectivity index is 1.55. The molecule has 0 atom stereocenters. The van der Waals surface area contributed by atoms with Crippen LogP contribution in [-0.4, -0.2) is 56.3 Å². The number of carbonyl (C=O) groups is 1. The molecule has 2 aromatic rings. The third kappa shape index (κ3) is 4.71. The molecule has 8 heteroatoms. The van der Waals surface area contributed by atoms with Crippen LogP contribution < -0.4 is 5.32 Å². The lowest BCUT2D eigenvalue weighted by atomic mass is 10.2. The average molecular weight is 391 g/mol. The van der Waals surface area contributed by atoms with Crippen molar-refractivity contribution < 1.29 is 17.6 Å². The topological polar surface area (TPSA) is 69.7 Å². The van der Waals surface area contributed by atoms with Crippen LogP contribution in [0.2, 0.25) is 0 Å². The number of hydrogen-bond donors (Lipinski definition) is 1. The Morgan fingerprint density at radius 2 is 1.67 bits per heavy atom. The second-order valence-corrected chi connectivity index (χ2v) is 8.43. The maximum atomic E-state index is 13.9. The van der Waals surface area contributed by atoms with E-state index in [0.29, 0.717) is 13.1 Å². The highest BCUT2D eigenvalue weighted by molar-refractivity contribution is 7.89. The summed E-state index contributed by atoms with van der Waals surface area (Å²) in [7, 11) is -3.87. The van der Waals surface area contributed by atoms with E-state index < -0.39 is 15.8 Å². The molecule has 1 aliphatic rings. The van der Waals surface area contributed by atoms with Crippen LogP contribution in [0.3, 0.4) is 0 Å². The van der Waals surface area contributed by atoms with Crippen LogP contribution in [0.15, 0.2) is 53.4 Å². The van der Waals surface area contributed by atoms with Gasteiger partial charge in [-0.1, -0.05) is 29.8 Å². The predicted octanol–water partition coefficient (Wildman–Crippen LogP) is 2.08. The van der Waals surface area contributed by atoms with E-state index in [2.05, 4.69) is 5.32 Å². The average Bonchev–Trinajstić information content (AvgIpc) is 2.64. The van der Waals surface area contributed by atoms with Gasteiger partial charge in [0.2, 0.25) is 15.9 Å². The molecule has 0 radical (unpaired) electrons. The summed E-state index contributed by atoms with van der Waals surface area (Å²) in [5.74, 6) is -0.901. The first-order valence-electron chi connectivity index (χ1n) is 8.70. The van der Waals surface area contributed by atoms with Crippen molar-refractivity contribution in [3.63, 3.8) is 0 Å². The van der Waals surface area contributed by atoms with Gasteiger partial charge in [-0.05, 0) is 31.2 Å². The summed E-state index contributed by atoms with van der Waals surface area (Å²) in [4.78, 5) is 13.8. The minimum atomic E-state index is -3.87. The standard InChI is InChI=1S/C19H22FN3O3S/c1-15-6-8-16(9-7-15)21-19(24)14-22-10-12-23(13-11-22)27(25,26)18-5-3-2-4-17(18)20/h2-9H,10-14H2,1H3,(H,21,24). The van der Waals surface area contributed by atoms with Gasteiger partial charge in [-0.15, -0.1) is 0 Å². The molecular formula is C19H22FN3O3S. The highest BCUT2D eigenvalue weighted by atomic mass is 32.2. The number of amides is 1. The summed E-state index contributed by atoms with van der Waals surface area (Å²) in [5.41, 5.74) is 1.84. The molecule has 0 aromatic heterocycles. The molecule has 1 fully saturated rings. The predicted molar refractivity (Wildman–Crippen MR) is 101 cm³/mol. The zero-order valence-electron chi connectivity index (χ0n) is 15.1. The quantitative estimate of drug-likeness (QED) is 0.847. The van der Waals surface area contributed by atoms with Crippen molar-refractivity contribution in [2.45, 2.75) is 11.8 Å². The Labute approximate surface area is 158 Å². The number of halogens is 1. The number of carbonyl (C=O) groups excluding carboxylic acids is 1. The zero-order chi connectivity index (χ0) is 19.4. The van der Waals surface area contributed by atoms with Crippen LogP contribution in [0, 0.1) is 12.7 Å². The number of rotatable bonds is 5. The van der Waals surface area contributed by atoms with E-state index in [0.717, 1.165) is 17.3 Å². The molecule has 1 amide bonds. The van der Waals surface area contributed by atoms with Crippen LogP contribution in [0.1, 0.15) is 5.56 Å². The van der Waals surface area contributed by atoms with E-state index in [1.165, 1.54) is 22.5 Å². The van der Waals surface area contributed by atoms with Crippen molar-refractivity contribution in [1.29, 1.82) is 0 Å². The first-order chi connectivity index (χ1) is 12.9. The van der Waals surface area contributed by atoms with Gasteiger partial charge in [-0.25, -0.2) is 12.8 Å². The molecule has 0 saturated carbocycles. The molecule has 0 bridgehead atoms. The fourth-order valence-corrected chi connectivity index (χ4v) is 4.45. The maximum Gasteiger partial charge on any atom is 0.246 e. The molecule has 0 spiro atoms. The normalized spacial score (nSPS) is 16.2. The summed E-state index contributed by atoms with van der Waals surface area (Å²) in [6.45, 7) is 3.41. The largest absolute Gasteiger partial charge is 0.325 e. The van der Waals surface area contributed by atoms with Crippen molar-refractivity contribution in [3.05, 3.63) is 59.9 Å². The Kier molecular flexibility index (Phi) is 5.88. The Hall–Kier alpha value is -2.29. The Bertz CT molecular complexity index is 908. The van der Waals surface area contributed by atoms with Gasteiger partial charge in [0.25, 0.3) is 0 Å². The summed E-state index contributed by atoms with van der Waals surface area (Å²) < 4.78 is 40.3. The number of anilines is 1. The number of sulfonamides is 1.